The molecular formula is C20H26N2O2. The summed E-state index contributed by atoms with van der Waals surface area (Å²) in [6, 6.07) is 7.71. The Morgan fingerprint density at radius 2 is 2.17 bits per heavy atom. The number of carbonyl (C=O) groups is 2. The molecule has 4 rings (SSSR count). The summed E-state index contributed by atoms with van der Waals surface area (Å²) in [4.78, 5) is 26.3. The molecule has 2 aliphatic carbocycles. The standard InChI is InChI=1S/C20H26N2O2/c1-13(18-11-14-7-8-15(18)10-14)21-20(24)16-4-2-5-17(12-16)22-9-3-6-19(22)23/h2,4-5,12-15,18H,3,6-11H2,1H3,(H,21,24)/t13-,14+,15+,18+/m1/s1. The smallest absolute Gasteiger partial charge is 0.251 e. The van der Waals surface area contributed by atoms with Crippen molar-refractivity contribution in [1.82, 2.24) is 5.32 Å². The van der Waals surface area contributed by atoms with Crippen molar-refractivity contribution in [2.45, 2.75) is 51.5 Å². The van der Waals surface area contributed by atoms with Crippen LogP contribution in [0.25, 0.3) is 0 Å². The van der Waals surface area contributed by atoms with E-state index in [-0.39, 0.29) is 17.9 Å². The Balaban J connectivity index is 1.43. The molecule has 2 saturated carbocycles. The third-order valence-corrected chi connectivity index (χ3v) is 6.29. The van der Waals surface area contributed by atoms with Crippen LogP contribution in [0, 0.1) is 17.8 Å². The van der Waals surface area contributed by atoms with Crippen LogP contribution in [0.1, 0.15) is 55.8 Å². The predicted molar refractivity (Wildman–Crippen MR) is 93.9 cm³/mol. The van der Waals surface area contributed by atoms with Gasteiger partial charge in [-0.1, -0.05) is 12.5 Å². The number of amides is 2. The molecule has 2 bridgehead atoms. The van der Waals surface area contributed by atoms with Gasteiger partial charge < -0.3 is 10.2 Å². The Kier molecular flexibility index (Phi) is 4.07. The molecule has 24 heavy (non-hydrogen) atoms. The lowest BCUT2D eigenvalue weighted by Gasteiger charge is -2.28. The lowest BCUT2D eigenvalue weighted by molar-refractivity contribution is -0.117. The second-order valence-corrected chi connectivity index (χ2v) is 7.80. The molecule has 1 aromatic rings. The van der Waals surface area contributed by atoms with Gasteiger partial charge in [0.2, 0.25) is 5.91 Å². The third-order valence-electron chi connectivity index (χ3n) is 6.29. The van der Waals surface area contributed by atoms with Crippen molar-refractivity contribution in [3.05, 3.63) is 29.8 Å². The van der Waals surface area contributed by atoms with Gasteiger partial charge in [0.05, 0.1) is 0 Å². The maximum Gasteiger partial charge on any atom is 0.251 e. The highest BCUT2D eigenvalue weighted by molar-refractivity contribution is 5.99. The molecule has 1 heterocycles. The third kappa shape index (κ3) is 2.83. The quantitative estimate of drug-likeness (QED) is 0.922. The average Bonchev–Trinajstić information content (AvgIpc) is 3.31. The molecule has 4 atom stereocenters. The van der Waals surface area contributed by atoms with Crippen LogP contribution in [-0.2, 0) is 4.79 Å². The van der Waals surface area contributed by atoms with Crippen LogP contribution in [-0.4, -0.2) is 24.4 Å². The Labute approximate surface area is 143 Å². The highest BCUT2D eigenvalue weighted by Crippen LogP contribution is 2.49. The van der Waals surface area contributed by atoms with Gasteiger partial charge in [-0.2, -0.15) is 0 Å². The molecule has 1 N–H and O–H groups in total. The van der Waals surface area contributed by atoms with Gasteiger partial charge in [0.15, 0.2) is 0 Å². The van der Waals surface area contributed by atoms with Crippen LogP contribution in [0.15, 0.2) is 24.3 Å². The number of carbonyl (C=O) groups excluding carboxylic acids is 2. The number of benzene rings is 1. The minimum atomic E-state index is -0.0150. The molecule has 0 spiro atoms. The number of nitrogens with zero attached hydrogens (tertiary/aromatic N) is 1. The number of fused-ring (bicyclic) bond motifs is 2. The van der Waals surface area contributed by atoms with Gasteiger partial charge in [-0.15, -0.1) is 0 Å². The van der Waals surface area contributed by atoms with E-state index in [0.717, 1.165) is 30.5 Å². The van der Waals surface area contributed by atoms with E-state index in [1.165, 1.54) is 25.7 Å². The van der Waals surface area contributed by atoms with E-state index in [1.54, 1.807) is 4.90 Å². The van der Waals surface area contributed by atoms with E-state index >= 15 is 0 Å². The number of nitrogens with one attached hydrogen (secondary N) is 1. The molecule has 2 amide bonds. The Bertz CT molecular complexity index is 657. The first-order valence-corrected chi connectivity index (χ1v) is 9.33. The van der Waals surface area contributed by atoms with Crippen molar-refractivity contribution in [3.63, 3.8) is 0 Å². The summed E-state index contributed by atoms with van der Waals surface area (Å²) in [6.45, 7) is 2.91. The normalized spacial score (nSPS) is 30.0. The van der Waals surface area contributed by atoms with Gasteiger partial charge in [0, 0.05) is 30.3 Å². The van der Waals surface area contributed by atoms with Crippen molar-refractivity contribution >= 4 is 17.5 Å². The van der Waals surface area contributed by atoms with E-state index in [2.05, 4.69) is 12.2 Å². The predicted octanol–water partition coefficient (Wildman–Crippen LogP) is 3.37. The molecule has 4 nitrogen and oxygen atoms in total. The Hall–Kier alpha value is -1.84. The molecule has 3 fully saturated rings. The number of hydrogen-bond donors (Lipinski definition) is 1. The molecule has 128 valence electrons. The summed E-state index contributed by atoms with van der Waals surface area (Å²) >= 11 is 0. The molecule has 4 heteroatoms. The number of hydrogen-bond acceptors (Lipinski definition) is 2. The summed E-state index contributed by atoms with van der Waals surface area (Å²) < 4.78 is 0. The Morgan fingerprint density at radius 1 is 1.29 bits per heavy atom. The molecule has 0 aromatic heterocycles. The number of anilines is 1. The Morgan fingerprint density at radius 3 is 2.83 bits per heavy atom. The molecule has 1 aromatic carbocycles. The van der Waals surface area contributed by atoms with Gasteiger partial charge in [0.1, 0.15) is 0 Å². The van der Waals surface area contributed by atoms with Crippen molar-refractivity contribution in [1.29, 1.82) is 0 Å². The zero-order valence-corrected chi connectivity index (χ0v) is 14.3. The molecule has 0 radical (unpaired) electrons. The van der Waals surface area contributed by atoms with Crippen LogP contribution in [0.4, 0.5) is 5.69 Å². The minimum absolute atomic E-state index is 0.0150. The van der Waals surface area contributed by atoms with E-state index in [4.69, 9.17) is 0 Å². The van der Waals surface area contributed by atoms with Gasteiger partial charge in [-0.25, -0.2) is 0 Å². The molecule has 0 unspecified atom stereocenters. The monoisotopic (exact) mass is 326 g/mol. The van der Waals surface area contributed by atoms with Gasteiger partial charge in [0.25, 0.3) is 5.91 Å². The van der Waals surface area contributed by atoms with Crippen LogP contribution in [0.5, 0.6) is 0 Å². The fourth-order valence-corrected chi connectivity index (χ4v) is 5.04. The lowest BCUT2D eigenvalue weighted by Crippen LogP contribution is -2.40. The van der Waals surface area contributed by atoms with Crippen molar-refractivity contribution in [2.24, 2.45) is 17.8 Å². The second-order valence-electron chi connectivity index (χ2n) is 7.80. The SMILES string of the molecule is C[C@@H](NC(=O)c1cccc(N2CCCC2=O)c1)[C@@H]1C[C@H]2CC[C@H]1C2. The van der Waals surface area contributed by atoms with Gasteiger partial charge >= 0.3 is 0 Å². The van der Waals surface area contributed by atoms with Gasteiger partial charge in [-0.3, -0.25) is 9.59 Å². The largest absolute Gasteiger partial charge is 0.349 e. The maximum absolute atomic E-state index is 12.7. The molecule has 3 aliphatic rings. The first-order chi connectivity index (χ1) is 11.6. The van der Waals surface area contributed by atoms with E-state index in [0.29, 0.717) is 17.9 Å². The van der Waals surface area contributed by atoms with Crippen LogP contribution in [0.2, 0.25) is 0 Å². The fraction of sp³-hybridized carbons (Fsp3) is 0.600. The first kappa shape index (κ1) is 15.7. The second kappa shape index (κ2) is 6.23. The fourth-order valence-electron chi connectivity index (χ4n) is 5.04. The zero-order valence-electron chi connectivity index (χ0n) is 14.3. The summed E-state index contributed by atoms with van der Waals surface area (Å²) in [5.41, 5.74) is 1.50. The van der Waals surface area contributed by atoms with Crippen molar-refractivity contribution in [2.75, 3.05) is 11.4 Å². The first-order valence-electron chi connectivity index (χ1n) is 9.33. The summed E-state index contributed by atoms with van der Waals surface area (Å²) in [5.74, 6) is 2.47. The summed E-state index contributed by atoms with van der Waals surface area (Å²) in [7, 11) is 0. The highest BCUT2D eigenvalue weighted by Gasteiger charge is 2.42. The molecule has 1 aliphatic heterocycles. The minimum Gasteiger partial charge on any atom is -0.349 e. The zero-order chi connectivity index (χ0) is 16.7. The molecular weight excluding hydrogens is 300 g/mol. The van der Waals surface area contributed by atoms with E-state index in [1.807, 2.05) is 24.3 Å². The summed E-state index contributed by atoms with van der Waals surface area (Å²) in [5, 5.41) is 3.21. The highest BCUT2D eigenvalue weighted by atomic mass is 16.2. The van der Waals surface area contributed by atoms with Crippen LogP contribution in [0.3, 0.4) is 0 Å². The van der Waals surface area contributed by atoms with Crippen molar-refractivity contribution in [3.8, 4) is 0 Å². The number of rotatable bonds is 4. The van der Waals surface area contributed by atoms with Crippen LogP contribution >= 0.6 is 0 Å². The topological polar surface area (TPSA) is 49.4 Å². The van der Waals surface area contributed by atoms with Crippen molar-refractivity contribution < 1.29 is 9.59 Å². The van der Waals surface area contributed by atoms with Gasteiger partial charge in [-0.05, 0) is 68.6 Å². The maximum atomic E-state index is 12.7. The lowest BCUT2D eigenvalue weighted by atomic mass is 9.84. The average molecular weight is 326 g/mol. The van der Waals surface area contributed by atoms with E-state index in [9.17, 15) is 9.59 Å². The van der Waals surface area contributed by atoms with E-state index < -0.39 is 0 Å². The van der Waals surface area contributed by atoms with Crippen LogP contribution < -0.4 is 10.2 Å². The molecule has 1 saturated heterocycles. The summed E-state index contributed by atoms with van der Waals surface area (Å²) in [6.07, 6.45) is 6.86.